The van der Waals surface area contributed by atoms with E-state index in [1.165, 1.54) is 0 Å². The predicted molar refractivity (Wildman–Crippen MR) is 34.1 cm³/mol. The van der Waals surface area contributed by atoms with E-state index in [0.717, 1.165) is 18.3 Å². The third-order valence-electron chi connectivity index (χ3n) is 1.12. The molecule has 11 heavy (non-hydrogen) atoms. The fourth-order valence-corrected chi connectivity index (χ4v) is 0.587. The molecule has 1 heterocycles. The van der Waals surface area contributed by atoms with Gasteiger partial charge >= 0.3 is 0 Å². The van der Waals surface area contributed by atoms with E-state index in [1.54, 1.807) is 0 Å². The quantitative estimate of drug-likeness (QED) is 0.342. The van der Waals surface area contributed by atoms with Crippen molar-refractivity contribution < 1.29 is 10.1 Å². The number of hydrogen-bond donors (Lipinski definition) is 2. The zero-order valence-corrected chi connectivity index (χ0v) is 5.39. The van der Waals surface area contributed by atoms with Crippen molar-refractivity contribution in [2.24, 2.45) is 0 Å². The number of aromatic nitrogens is 1. The standard InChI is InChI=1S/C5H5N3O3/c6-5-2-1-4(8(10)11)3-7(5)9/h1-3,6,9H. The lowest BCUT2D eigenvalue weighted by molar-refractivity contribution is -0.385. The van der Waals surface area contributed by atoms with Gasteiger partial charge in [0, 0.05) is 6.07 Å². The Kier molecular flexibility index (Phi) is 1.59. The van der Waals surface area contributed by atoms with Gasteiger partial charge in [0.1, 0.15) is 6.20 Å². The average Bonchev–Trinajstić information content (AvgIpc) is 1.94. The van der Waals surface area contributed by atoms with E-state index in [1.807, 2.05) is 0 Å². The molecule has 6 heteroatoms. The Balaban J connectivity index is 3.26. The molecule has 0 radical (unpaired) electrons. The molecule has 6 nitrogen and oxygen atoms in total. The zero-order chi connectivity index (χ0) is 8.43. The van der Waals surface area contributed by atoms with E-state index < -0.39 is 4.92 Å². The Hall–Kier alpha value is -1.85. The van der Waals surface area contributed by atoms with Crippen molar-refractivity contribution in [2.75, 3.05) is 0 Å². The smallest absolute Gasteiger partial charge is 0.289 e. The molecule has 0 aliphatic carbocycles. The van der Waals surface area contributed by atoms with Crippen molar-refractivity contribution in [3.8, 4) is 0 Å². The van der Waals surface area contributed by atoms with Crippen LogP contribution in [0.4, 0.5) is 5.69 Å². The summed E-state index contributed by atoms with van der Waals surface area (Å²) in [6.45, 7) is 0. The third-order valence-corrected chi connectivity index (χ3v) is 1.12. The monoisotopic (exact) mass is 155 g/mol. The number of pyridine rings is 1. The van der Waals surface area contributed by atoms with Gasteiger partial charge in [-0.05, 0) is 6.07 Å². The van der Waals surface area contributed by atoms with Crippen LogP contribution in [0.5, 0.6) is 0 Å². The largest absolute Gasteiger partial charge is 0.427 e. The van der Waals surface area contributed by atoms with Crippen LogP contribution in [0, 0.1) is 15.5 Å². The summed E-state index contributed by atoms with van der Waals surface area (Å²) < 4.78 is 0.387. The van der Waals surface area contributed by atoms with Crippen LogP contribution in [0.3, 0.4) is 0 Å². The SMILES string of the molecule is N=c1ccc([N+](=O)[O-])cn1O. The molecule has 0 saturated heterocycles. The molecular weight excluding hydrogens is 150 g/mol. The van der Waals surface area contributed by atoms with E-state index in [9.17, 15) is 10.1 Å². The second-order valence-corrected chi connectivity index (χ2v) is 1.87. The van der Waals surface area contributed by atoms with Crippen molar-refractivity contribution in [1.82, 2.24) is 4.73 Å². The molecule has 0 aliphatic rings. The van der Waals surface area contributed by atoms with Gasteiger partial charge in [-0.2, -0.15) is 4.73 Å². The molecule has 0 atom stereocenters. The minimum absolute atomic E-state index is 0.199. The minimum Gasteiger partial charge on any atom is -0.427 e. The van der Waals surface area contributed by atoms with E-state index in [4.69, 9.17) is 10.6 Å². The van der Waals surface area contributed by atoms with Gasteiger partial charge < -0.3 is 5.21 Å². The van der Waals surface area contributed by atoms with Gasteiger partial charge in [0.25, 0.3) is 5.69 Å². The van der Waals surface area contributed by atoms with Crippen LogP contribution in [0.1, 0.15) is 0 Å². The zero-order valence-electron chi connectivity index (χ0n) is 5.39. The molecule has 0 bridgehead atoms. The van der Waals surface area contributed by atoms with Crippen LogP contribution < -0.4 is 5.49 Å². The summed E-state index contributed by atoms with van der Waals surface area (Å²) in [6, 6.07) is 2.28. The molecule has 0 aromatic carbocycles. The highest BCUT2D eigenvalue weighted by atomic mass is 16.6. The first-order chi connectivity index (χ1) is 5.11. The van der Waals surface area contributed by atoms with E-state index in [-0.39, 0.29) is 11.2 Å². The van der Waals surface area contributed by atoms with Crippen LogP contribution in [0.25, 0.3) is 0 Å². The minimum atomic E-state index is -0.647. The normalized spacial score (nSPS) is 9.45. The summed E-state index contributed by atoms with van der Waals surface area (Å²) in [4.78, 5) is 9.44. The molecule has 0 fully saturated rings. The van der Waals surface area contributed by atoms with Gasteiger partial charge in [0.2, 0.25) is 0 Å². The van der Waals surface area contributed by atoms with Crippen LogP contribution in [0.2, 0.25) is 0 Å². The Morgan fingerprint density at radius 3 is 2.73 bits per heavy atom. The summed E-state index contributed by atoms with van der Waals surface area (Å²) in [5.74, 6) is 0. The first-order valence-electron chi connectivity index (χ1n) is 2.72. The molecule has 0 unspecified atom stereocenters. The van der Waals surface area contributed by atoms with Crippen LogP contribution in [0.15, 0.2) is 18.3 Å². The topological polar surface area (TPSA) is 92.1 Å². The van der Waals surface area contributed by atoms with Crippen LogP contribution >= 0.6 is 0 Å². The second kappa shape index (κ2) is 2.41. The highest BCUT2D eigenvalue weighted by Crippen LogP contribution is 2.04. The average molecular weight is 155 g/mol. The lowest BCUT2D eigenvalue weighted by Crippen LogP contribution is -2.15. The predicted octanol–water partition coefficient (Wildman–Crippen LogP) is 0.113. The van der Waals surface area contributed by atoms with Crippen molar-refractivity contribution >= 4 is 5.69 Å². The van der Waals surface area contributed by atoms with Crippen molar-refractivity contribution in [1.29, 1.82) is 5.41 Å². The van der Waals surface area contributed by atoms with E-state index in [2.05, 4.69) is 0 Å². The summed E-state index contributed by atoms with van der Waals surface area (Å²) in [5, 5.41) is 25.8. The number of hydrogen-bond acceptors (Lipinski definition) is 4. The first-order valence-corrected chi connectivity index (χ1v) is 2.72. The summed E-state index contributed by atoms with van der Waals surface area (Å²) in [6.07, 6.45) is 0.863. The molecule has 0 spiro atoms. The maximum atomic E-state index is 10.1. The molecular formula is C5H5N3O3. The molecule has 1 aromatic rings. The molecule has 2 N–H and O–H groups in total. The number of nitro groups is 1. The molecule has 58 valence electrons. The maximum Gasteiger partial charge on any atom is 0.289 e. The summed E-state index contributed by atoms with van der Waals surface area (Å²) >= 11 is 0. The molecule has 1 rings (SSSR count). The Bertz CT molecular complexity index is 343. The highest BCUT2D eigenvalue weighted by Gasteiger charge is 2.04. The number of rotatable bonds is 1. The highest BCUT2D eigenvalue weighted by molar-refractivity contribution is 5.23. The number of nitrogens with zero attached hydrogens (tertiary/aromatic N) is 2. The van der Waals surface area contributed by atoms with Crippen molar-refractivity contribution in [2.45, 2.75) is 0 Å². The molecule has 0 aliphatic heterocycles. The lowest BCUT2D eigenvalue weighted by Gasteiger charge is -1.94. The summed E-state index contributed by atoms with van der Waals surface area (Å²) in [7, 11) is 0. The fraction of sp³-hybridized carbons (Fsp3) is 0. The Morgan fingerprint density at radius 1 is 1.64 bits per heavy atom. The molecule has 1 aromatic heterocycles. The van der Waals surface area contributed by atoms with Gasteiger partial charge in [-0.15, -0.1) is 0 Å². The van der Waals surface area contributed by atoms with Crippen molar-refractivity contribution in [3.63, 3.8) is 0 Å². The van der Waals surface area contributed by atoms with Crippen molar-refractivity contribution in [3.05, 3.63) is 33.9 Å². The lowest BCUT2D eigenvalue weighted by atomic mass is 10.4. The maximum absolute atomic E-state index is 10.1. The van der Waals surface area contributed by atoms with Gasteiger partial charge in [0.05, 0.1) is 4.92 Å². The Labute approximate surface area is 60.9 Å². The second-order valence-electron chi connectivity index (χ2n) is 1.87. The summed E-state index contributed by atoms with van der Waals surface area (Å²) in [5.41, 5.74) is -0.445. The number of nitrogens with one attached hydrogen (secondary N) is 1. The van der Waals surface area contributed by atoms with Crippen LogP contribution in [-0.2, 0) is 0 Å². The molecule has 0 amide bonds. The van der Waals surface area contributed by atoms with Gasteiger partial charge in [-0.25, -0.2) is 0 Å². The van der Waals surface area contributed by atoms with Gasteiger partial charge in [-0.1, -0.05) is 0 Å². The van der Waals surface area contributed by atoms with E-state index >= 15 is 0 Å². The third kappa shape index (κ3) is 1.34. The van der Waals surface area contributed by atoms with Gasteiger partial charge in [-0.3, -0.25) is 15.5 Å². The van der Waals surface area contributed by atoms with Crippen LogP contribution in [-0.4, -0.2) is 14.9 Å². The van der Waals surface area contributed by atoms with E-state index in [0.29, 0.717) is 4.73 Å². The molecule has 0 saturated carbocycles. The first kappa shape index (κ1) is 7.26. The Morgan fingerprint density at radius 2 is 2.27 bits per heavy atom. The fourth-order valence-electron chi connectivity index (χ4n) is 0.587. The van der Waals surface area contributed by atoms with Gasteiger partial charge in [0.15, 0.2) is 5.49 Å².